The number of hydrogen-bond acceptors (Lipinski definition) is 8. The fourth-order valence-electron chi connectivity index (χ4n) is 14.4. The molecule has 0 amide bonds. The third kappa shape index (κ3) is 6.47. The summed E-state index contributed by atoms with van der Waals surface area (Å²) in [5, 5.41) is 9.69. The highest BCUT2D eigenvalue weighted by molar-refractivity contribution is 6.02. The van der Waals surface area contributed by atoms with Gasteiger partial charge in [0.15, 0.2) is 5.78 Å². The third-order valence-electron chi connectivity index (χ3n) is 17.6. The minimum atomic E-state index is -1.18. The largest absolute Gasteiger partial charge is 0.481 e. The number of methoxy groups -OCH3 is 1. The van der Waals surface area contributed by atoms with E-state index in [1.165, 1.54) is 5.57 Å². The number of hydrogen-bond donors (Lipinski definition) is 1. The molecular formula is C49H72N4O7. The number of carbonyl (C=O) groups is 3. The van der Waals surface area contributed by atoms with E-state index in [2.05, 4.69) is 77.1 Å². The molecule has 0 saturated heterocycles. The molecule has 60 heavy (non-hydrogen) atoms. The molecule has 2 aromatic rings. The van der Waals surface area contributed by atoms with Gasteiger partial charge in [0.1, 0.15) is 6.10 Å². The molecule has 5 aliphatic rings. The highest BCUT2D eigenvalue weighted by Crippen LogP contribution is 2.77. The molecule has 11 nitrogen and oxygen atoms in total. The van der Waals surface area contributed by atoms with Gasteiger partial charge in [-0.3, -0.25) is 23.9 Å². The summed E-state index contributed by atoms with van der Waals surface area (Å²) in [7, 11) is 5.69. The number of ether oxygens (including phenoxy) is 2. The van der Waals surface area contributed by atoms with Gasteiger partial charge in [-0.2, -0.15) is 0 Å². The Morgan fingerprint density at radius 3 is 2.27 bits per heavy atom. The monoisotopic (exact) mass is 829 g/mol. The zero-order valence-electron chi connectivity index (χ0n) is 38.8. The fourth-order valence-corrected chi connectivity index (χ4v) is 14.4. The van der Waals surface area contributed by atoms with Crippen LogP contribution in [-0.4, -0.2) is 75.9 Å². The lowest BCUT2D eigenvalue weighted by Crippen LogP contribution is -2.66. The summed E-state index contributed by atoms with van der Waals surface area (Å²) < 4.78 is 15.6. The van der Waals surface area contributed by atoms with Crippen molar-refractivity contribution in [3.05, 3.63) is 51.1 Å². The smallest absolute Gasteiger partial charge is 0.309 e. The third-order valence-corrected chi connectivity index (χ3v) is 17.6. The van der Waals surface area contributed by atoms with E-state index in [1.807, 2.05) is 13.0 Å². The number of carboxylic acid groups (broad SMARTS) is 1. The molecule has 11 heteroatoms. The summed E-state index contributed by atoms with van der Waals surface area (Å²) in [5.74, 6) is 0.334. The zero-order valence-corrected chi connectivity index (χ0v) is 38.8. The molecule has 0 spiro atoms. The summed E-state index contributed by atoms with van der Waals surface area (Å²) in [5.41, 5.74) is 2.54. The van der Waals surface area contributed by atoms with Crippen LogP contribution in [0.15, 0.2) is 34.3 Å². The van der Waals surface area contributed by atoms with Crippen molar-refractivity contribution >= 4 is 17.7 Å². The number of aromatic nitrogens is 3. The molecule has 0 radical (unpaired) electrons. The van der Waals surface area contributed by atoms with Gasteiger partial charge >= 0.3 is 11.9 Å². The van der Waals surface area contributed by atoms with E-state index in [1.54, 1.807) is 37.9 Å². The van der Waals surface area contributed by atoms with E-state index in [-0.39, 0.29) is 57.4 Å². The summed E-state index contributed by atoms with van der Waals surface area (Å²) in [6, 6.07) is 3.69. The predicted octanol–water partition coefficient (Wildman–Crippen LogP) is 8.56. The maximum Gasteiger partial charge on any atom is 0.309 e. The molecule has 4 saturated carbocycles. The van der Waals surface area contributed by atoms with Crippen LogP contribution in [0.5, 0.6) is 5.88 Å². The normalized spacial score (nSPS) is 33.6. The number of likely N-dealkylation sites (N-methyl/N-ethyl adjacent to an activating group) is 1. The number of ketones is 1. The fraction of sp³-hybridized carbons (Fsp3) is 0.735. The Labute approximate surface area is 357 Å². The molecule has 2 heterocycles. The lowest BCUT2D eigenvalue weighted by atomic mass is 9.33. The van der Waals surface area contributed by atoms with Crippen molar-refractivity contribution in [2.75, 3.05) is 27.7 Å². The second-order valence-electron chi connectivity index (χ2n) is 22.1. The molecule has 2 aromatic heterocycles. The van der Waals surface area contributed by atoms with Crippen LogP contribution in [0.3, 0.4) is 0 Å². The van der Waals surface area contributed by atoms with Crippen LogP contribution in [0.1, 0.15) is 138 Å². The molecule has 7 rings (SSSR count). The van der Waals surface area contributed by atoms with E-state index >= 15 is 0 Å². The SMILES string of the molecule is COc1ccc(-n2c(=O)c(C)c([C@@]34CC[C@]5(C)[C@H](CC[C@@H]6[C@@]7(C)CC[C@H](OC(=O)CC(C)(C)C(=O)O)C(C)(C)[C@@H]7CC[C@]65C)C3=C(C(C)C)C(=O)C4)n2CCN(C)C)cn1. The first kappa shape index (κ1) is 44.3. The number of aliphatic carboxylic acids is 1. The number of Topliss-reactive ketones (excluding diaryl/α,β-unsaturated/α-hetero) is 1. The van der Waals surface area contributed by atoms with Crippen molar-refractivity contribution < 1.29 is 29.0 Å². The highest BCUT2D eigenvalue weighted by atomic mass is 16.5. The molecule has 4 fully saturated rings. The van der Waals surface area contributed by atoms with Gasteiger partial charge in [-0.15, -0.1) is 0 Å². The van der Waals surface area contributed by atoms with Crippen molar-refractivity contribution in [3.63, 3.8) is 0 Å². The molecule has 8 atom stereocenters. The number of pyridine rings is 1. The van der Waals surface area contributed by atoms with Crippen LogP contribution >= 0.6 is 0 Å². The summed E-state index contributed by atoms with van der Waals surface area (Å²) in [6.45, 7) is 23.0. The van der Waals surface area contributed by atoms with Crippen LogP contribution in [0.25, 0.3) is 5.69 Å². The Hall–Kier alpha value is -3.73. The first-order chi connectivity index (χ1) is 27.9. The number of carboxylic acids is 1. The van der Waals surface area contributed by atoms with E-state index < -0.39 is 22.8 Å². The molecule has 0 aromatic carbocycles. The van der Waals surface area contributed by atoms with Gasteiger partial charge in [-0.05, 0) is 143 Å². The molecule has 1 N–H and O–H groups in total. The molecule has 5 aliphatic carbocycles. The maximum absolute atomic E-state index is 14.7. The van der Waals surface area contributed by atoms with E-state index in [0.717, 1.165) is 69.2 Å². The molecule has 0 bridgehead atoms. The van der Waals surface area contributed by atoms with E-state index in [0.29, 0.717) is 41.9 Å². The first-order valence-corrected chi connectivity index (χ1v) is 22.6. The van der Waals surface area contributed by atoms with E-state index in [9.17, 15) is 24.3 Å². The van der Waals surface area contributed by atoms with Crippen molar-refractivity contribution in [3.8, 4) is 11.6 Å². The molecule has 0 aliphatic heterocycles. The van der Waals surface area contributed by atoms with Crippen molar-refractivity contribution in [2.45, 2.75) is 152 Å². The Morgan fingerprint density at radius 1 is 0.967 bits per heavy atom. The Kier molecular flexibility index (Phi) is 11.1. The van der Waals surface area contributed by atoms with Crippen LogP contribution in [0.4, 0.5) is 0 Å². The van der Waals surface area contributed by atoms with Gasteiger partial charge < -0.3 is 19.5 Å². The molecular weight excluding hydrogens is 757 g/mol. The summed E-state index contributed by atoms with van der Waals surface area (Å²) in [6.07, 6.45) is 9.31. The summed E-state index contributed by atoms with van der Waals surface area (Å²) in [4.78, 5) is 61.0. The van der Waals surface area contributed by atoms with Gasteiger partial charge in [-0.25, -0.2) is 9.67 Å². The van der Waals surface area contributed by atoms with Crippen LogP contribution in [0.2, 0.25) is 0 Å². The Bertz CT molecular complexity index is 2140. The zero-order chi connectivity index (χ0) is 44.1. The number of allylic oxidation sites excluding steroid dienone is 2. The van der Waals surface area contributed by atoms with Crippen LogP contribution in [0, 0.1) is 57.7 Å². The molecule has 330 valence electrons. The highest BCUT2D eigenvalue weighted by Gasteiger charge is 2.71. The number of fused-ring (bicyclic) bond motifs is 7. The van der Waals surface area contributed by atoms with Gasteiger partial charge in [0.25, 0.3) is 5.56 Å². The number of carbonyl (C=O) groups excluding carboxylic acids is 2. The second kappa shape index (κ2) is 15.0. The van der Waals surface area contributed by atoms with Crippen LogP contribution in [-0.2, 0) is 31.1 Å². The van der Waals surface area contributed by atoms with Gasteiger partial charge in [0, 0.05) is 35.4 Å². The number of nitrogens with zero attached hydrogens (tertiary/aromatic N) is 4. The second-order valence-corrected chi connectivity index (χ2v) is 22.1. The van der Waals surface area contributed by atoms with Crippen molar-refractivity contribution in [1.82, 2.24) is 19.2 Å². The lowest BCUT2D eigenvalue weighted by molar-refractivity contribution is -0.232. The topological polar surface area (TPSA) is 133 Å². The standard InChI is InChI=1S/C49H72N4O7/c1-29(2)39-33(54)26-49(41-30(3)42(56)53(52(41)25-24-51(11)12)31-14-17-37(59-13)50-28-31)23-22-47(9)32(40(39)49)15-16-35-46(8)20-19-36(60-38(55)27-44(4,5)43(57)58)45(6,7)34(46)18-21-48(35,47)10/h14,17,28-29,32,34-36H,15-16,18-27H2,1-13H3,(H,57,58)/t32-,34+,35-,36+,46+,47-,48-,49-/m1/s1. The Morgan fingerprint density at radius 2 is 1.67 bits per heavy atom. The predicted molar refractivity (Wildman–Crippen MR) is 232 cm³/mol. The van der Waals surface area contributed by atoms with Crippen molar-refractivity contribution in [2.24, 2.45) is 50.7 Å². The van der Waals surface area contributed by atoms with Crippen molar-refractivity contribution in [1.29, 1.82) is 0 Å². The number of rotatable bonds is 11. The number of esters is 1. The Balaban J connectivity index is 1.29. The lowest BCUT2D eigenvalue weighted by Gasteiger charge is -2.72. The summed E-state index contributed by atoms with van der Waals surface area (Å²) >= 11 is 0. The minimum Gasteiger partial charge on any atom is -0.481 e. The van der Waals surface area contributed by atoms with Crippen LogP contribution < -0.4 is 10.3 Å². The van der Waals surface area contributed by atoms with Gasteiger partial charge in [0.2, 0.25) is 5.88 Å². The van der Waals surface area contributed by atoms with Gasteiger partial charge in [-0.1, -0.05) is 48.5 Å². The average molecular weight is 829 g/mol. The average Bonchev–Trinajstić information content (AvgIpc) is 3.61. The molecule has 0 unspecified atom stereocenters. The quantitative estimate of drug-likeness (QED) is 0.221. The first-order valence-electron chi connectivity index (χ1n) is 22.6. The van der Waals surface area contributed by atoms with Gasteiger partial charge in [0.05, 0.1) is 43.1 Å². The van der Waals surface area contributed by atoms with E-state index in [4.69, 9.17) is 9.47 Å². The maximum atomic E-state index is 14.7. The minimum absolute atomic E-state index is 0.000507.